The fourth-order valence-corrected chi connectivity index (χ4v) is 1.21. The Morgan fingerprint density at radius 3 is 1.93 bits per heavy atom. The van der Waals surface area contributed by atoms with Gasteiger partial charge in [0, 0.05) is 6.08 Å². The number of hydrogen-bond acceptors (Lipinski definition) is 0. The molecule has 0 unspecified atom stereocenters. The summed E-state index contributed by atoms with van der Waals surface area (Å²) in [6, 6.07) is 7.18. The van der Waals surface area contributed by atoms with Crippen molar-refractivity contribution in [2.45, 2.75) is 26.2 Å². The van der Waals surface area contributed by atoms with Crippen LogP contribution in [0.25, 0.3) is 6.08 Å². The summed E-state index contributed by atoms with van der Waals surface area (Å²) >= 11 is 0. The fourth-order valence-electron chi connectivity index (χ4n) is 1.21. The zero-order valence-corrected chi connectivity index (χ0v) is 8.64. The highest BCUT2D eigenvalue weighted by Crippen LogP contribution is 2.22. The van der Waals surface area contributed by atoms with Crippen molar-refractivity contribution in [1.29, 1.82) is 0 Å². The Bertz CT molecular complexity index is 324. The maximum absolute atomic E-state index is 11.9. The third kappa shape index (κ3) is 2.95. The Hall–Kier alpha value is -1.18. The van der Waals surface area contributed by atoms with Crippen molar-refractivity contribution >= 4 is 6.08 Å². The molecule has 0 heterocycles. The van der Waals surface area contributed by atoms with Gasteiger partial charge in [0.05, 0.1) is 0 Å². The van der Waals surface area contributed by atoms with Crippen molar-refractivity contribution in [2.75, 3.05) is 0 Å². The molecule has 0 atom stereocenters. The van der Waals surface area contributed by atoms with Crippen LogP contribution in [0.3, 0.4) is 0 Å². The Kier molecular flexibility index (Phi) is 3.04. The molecule has 0 aliphatic carbocycles. The van der Waals surface area contributed by atoms with Gasteiger partial charge in [0.2, 0.25) is 0 Å². The van der Waals surface area contributed by atoms with Crippen LogP contribution in [0.2, 0.25) is 0 Å². The van der Waals surface area contributed by atoms with Crippen LogP contribution >= 0.6 is 0 Å². The average molecular weight is 195 g/mol. The molecule has 0 N–H and O–H groups in total. The third-order valence-corrected chi connectivity index (χ3v) is 2.05. The molecule has 0 amide bonds. The average Bonchev–Trinajstić information content (AvgIpc) is 2.02. The second-order valence-corrected chi connectivity index (χ2v) is 4.31. The molecule has 0 nitrogen and oxygen atoms in total. The molecule has 0 bridgehead atoms. The summed E-state index contributed by atoms with van der Waals surface area (Å²) in [5.41, 5.74) is 1.75. The number of halogens is 2. The van der Waals surface area contributed by atoms with Gasteiger partial charge in [0.25, 0.3) is 6.08 Å². The van der Waals surface area contributed by atoms with Crippen LogP contribution < -0.4 is 0 Å². The second kappa shape index (κ2) is 3.91. The van der Waals surface area contributed by atoms with Gasteiger partial charge in [0.1, 0.15) is 0 Å². The molecule has 0 spiro atoms. The van der Waals surface area contributed by atoms with E-state index in [1.165, 1.54) is 0 Å². The van der Waals surface area contributed by atoms with Crippen LogP contribution in [0, 0.1) is 0 Å². The van der Waals surface area contributed by atoms with Crippen LogP contribution in [0.1, 0.15) is 31.9 Å². The van der Waals surface area contributed by atoms with Crippen molar-refractivity contribution in [3.63, 3.8) is 0 Å². The first-order chi connectivity index (χ1) is 6.39. The van der Waals surface area contributed by atoms with Crippen LogP contribution in [0.5, 0.6) is 0 Å². The van der Waals surface area contributed by atoms with Crippen molar-refractivity contribution in [1.82, 2.24) is 0 Å². The molecule has 1 rings (SSSR count). The van der Waals surface area contributed by atoms with E-state index in [4.69, 9.17) is 0 Å². The lowest BCUT2D eigenvalue weighted by atomic mass is 9.87. The van der Waals surface area contributed by atoms with Crippen molar-refractivity contribution in [3.05, 3.63) is 41.5 Å². The normalized spacial score (nSPS) is 13.1. The third-order valence-electron chi connectivity index (χ3n) is 2.05. The number of rotatable bonds is 1. The predicted octanol–water partition coefficient (Wildman–Crippen LogP) is 4.22. The molecule has 0 aliphatic rings. The van der Waals surface area contributed by atoms with E-state index in [0.717, 1.165) is 11.6 Å². The smallest absolute Gasteiger partial charge is 0.173 e. The van der Waals surface area contributed by atoms with E-state index in [-0.39, 0.29) is 5.41 Å². The standard InChI is InChI=1S/C12H14F2/c1-12(2,3)10-6-4-9(5-7-10)8-11(13)14/h4-8H,1-3H3/i13-1/b11-8-. The highest BCUT2D eigenvalue weighted by Gasteiger charge is 2.12. The highest BCUT2D eigenvalue weighted by atomic mass is 19.2. The Morgan fingerprint density at radius 1 is 1.07 bits per heavy atom. The van der Waals surface area contributed by atoms with Crippen molar-refractivity contribution in [2.24, 2.45) is 0 Å². The van der Waals surface area contributed by atoms with E-state index < -0.39 is 6.08 Å². The van der Waals surface area contributed by atoms with Gasteiger partial charge in [-0.15, -0.1) is 0 Å². The summed E-state index contributed by atoms with van der Waals surface area (Å²) in [5.74, 6) is 0. The maximum atomic E-state index is 11.9. The van der Waals surface area contributed by atoms with E-state index in [0.29, 0.717) is 5.56 Å². The van der Waals surface area contributed by atoms with Crippen LogP contribution in [0.15, 0.2) is 30.3 Å². The molecule has 2 heteroatoms. The van der Waals surface area contributed by atoms with E-state index in [1.54, 1.807) is 12.1 Å². The van der Waals surface area contributed by atoms with Gasteiger partial charge in [-0.25, -0.2) is 0 Å². The summed E-state index contributed by atoms with van der Waals surface area (Å²) in [6.45, 7) is 6.27. The molecule has 1 aromatic rings. The van der Waals surface area contributed by atoms with Gasteiger partial charge in [0.15, 0.2) is 0 Å². The molecule has 0 aliphatic heterocycles. The summed E-state index contributed by atoms with van der Waals surface area (Å²) in [7, 11) is 0. The van der Waals surface area contributed by atoms with Crippen LogP contribution in [0.4, 0.5) is 8.78 Å². The van der Waals surface area contributed by atoms with Gasteiger partial charge in [-0.05, 0) is 16.5 Å². The molecule has 0 aromatic heterocycles. The number of benzene rings is 1. The predicted molar refractivity (Wildman–Crippen MR) is 55.3 cm³/mol. The first-order valence-corrected chi connectivity index (χ1v) is 4.53. The van der Waals surface area contributed by atoms with E-state index in [1.807, 2.05) is 12.1 Å². The van der Waals surface area contributed by atoms with Gasteiger partial charge in [-0.1, -0.05) is 45.0 Å². The van der Waals surface area contributed by atoms with Gasteiger partial charge in [-0.3, -0.25) is 0 Å². The lowest BCUT2D eigenvalue weighted by Crippen LogP contribution is -2.10. The van der Waals surface area contributed by atoms with Gasteiger partial charge in [-0.2, -0.15) is 8.78 Å². The number of hydrogen-bond donors (Lipinski definition) is 0. The second-order valence-electron chi connectivity index (χ2n) is 4.31. The fraction of sp³-hybridized carbons (Fsp3) is 0.333. The van der Waals surface area contributed by atoms with Crippen molar-refractivity contribution in [3.8, 4) is 0 Å². The Balaban J connectivity index is 2.95. The summed E-state index contributed by atoms with van der Waals surface area (Å²) in [5, 5.41) is 0. The molecular formula is C12H14F2. The minimum Gasteiger partial charge on any atom is -0.173 e. The monoisotopic (exact) mass is 195 g/mol. The highest BCUT2D eigenvalue weighted by molar-refractivity contribution is 5.50. The molecule has 76 valence electrons. The summed E-state index contributed by atoms with van der Waals surface area (Å²) in [4.78, 5) is 0. The summed E-state index contributed by atoms with van der Waals surface area (Å²) < 4.78 is 23.8. The maximum Gasteiger partial charge on any atom is 0.270 e. The first-order valence-electron chi connectivity index (χ1n) is 4.53. The van der Waals surface area contributed by atoms with E-state index in [9.17, 15) is 8.78 Å². The quantitative estimate of drug-likeness (QED) is 0.629. The molecule has 0 saturated heterocycles. The van der Waals surface area contributed by atoms with Gasteiger partial charge >= 0.3 is 0 Å². The van der Waals surface area contributed by atoms with Crippen LogP contribution in [-0.4, -0.2) is 0 Å². The zero-order valence-electron chi connectivity index (χ0n) is 8.64. The first kappa shape index (κ1) is 10.9. The van der Waals surface area contributed by atoms with Crippen molar-refractivity contribution < 1.29 is 8.78 Å². The van der Waals surface area contributed by atoms with E-state index >= 15 is 0 Å². The lowest BCUT2D eigenvalue weighted by molar-refractivity contribution is 0.429. The summed E-state index contributed by atoms with van der Waals surface area (Å²) in [6.07, 6.45) is -0.791. The molecule has 14 heavy (non-hydrogen) atoms. The minimum absolute atomic E-state index is 0.0660. The largest absolute Gasteiger partial charge is 0.270 e. The molecule has 0 saturated carbocycles. The SMILES string of the molecule is CC(C)(C)c1ccc(/C=C(\F)[18F])cc1. The minimum atomic E-state index is -1.66. The topological polar surface area (TPSA) is 0 Å². The van der Waals surface area contributed by atoms with Gasteiger partial charge < -0.3 is 0 Å². The molecule has 1 aromatic carbocycles. The Morgan fingerprint density at radius 2 is 1.57 bits per heavy atom. The zero-order chi connectivity index (χ0) is 10.8. The molecule has 0 radical (unpaired) electrons. The van der Waals surface area contributed by atoms with E-state index in [2.05, 4.69) is 20.8 Å². The molecular weight excluding hydrogens is 181 g/mol. The lowest BCUT2D eigenvalue weighted by Gasteiger charge is -2.18. The Labute approximate surface area is 83.3 Å². The molecule has 0 fully saturated rings. The van der Waals surface area contributed by atoms with Crippen LogP contribution in [-0.2, 0) is 5.41 Å².